The van der Waals surface area contributed by atoms with Gasteiger partial charge in [0.1, 0.15) is 10.7 Å². The van der Waals surface area contributed by atoms with E-state index in [9.17, 15) is 18.0 Å². The molecule has 0 saturated carbocycles. The first-order valence-electron chi connectivity index (χ1n) is 12.5. The first kappa shape index (κ1) is 28.7. The number of carboxylic acids is 1. The molecule has 5 rings (SSSR count). The smallest absolute Gasteiger partial charge is 0.429 e. The van der Waals surface area contributed by atoms with Gasteiger partial charge in [-0.25, -0.2) is 4.98 Å². The Hall–Kier alpha value is -3.87. The summed E-state index contributed by atoms with van der Waals surface area (Å²) in [7, 11) is 0. The Morgan fingerprint density at radius 2 is 1.93 bits per heavy atom. The average Bonchev–Trinajstić information content (AvgIpc) is 3.36. The van der Waals surface area contributed by atoms with Gasteiger partial charge in [0.05, 0.1) is 18.4 Å². The third-order valence-electron chi connectivity index (χ3n) is 6.54. The van der Waals surface area contributed by atoms with Gasteiger partial charge in [0.25, 0.3) is 0 Å². The molecule has 3 heterocycles. The molecule has 4 aromatic rings. The summed E-state index contributed by atoms with van der Waals surface area (Å²) < 4.78 is 55.0. The molecule has 0 amide bonds. The molecule has 0 spiro atoms. The number of thiophene rings is 1. The van der Waals surface area contributed by atoms with E-state index in [1.54, 1.807) is 29.6 Å². The Morgan fingerprint density at radius 3 is 2.59 bits per heavy atom. The fourth-order valence-electron chi connectivity index (χ4n) is 4.57. The van der Waals surface area contributed by atoms with E-state index in [1.165, 1.54) is 24.5 Å². The number of alkyl halides is 3. The van der Waals surface area contributed by atoms with Crippen LogP contribution in [0.3, 0.4) is 0 Å². The normalized spacial score (nSPS) is 15.2. The van der Waals surface area contributed by atoms with Crippen molar-refractivity contribution in [3.8, 4) is 17.0 Å². The van der Waals surface area contributed by atoms with Crippen LogP contribution in [0.2, 0.25) is 5.02 Å². The van der Waals surface area contributed by atoms with Crippen LogP contribution in [-0.4, -0.2) is 39.9 Å². The quantitative estimate of drug-likeness (QED) is 0.211. The van der Waals surface area contributed by atoms with E-state index in [0.29, 0.717) is 47.2 Å². The largest absolute Gasteiger partial charge is 0.501 e. The van der Waals surface area contributed by atoms with Crippen molar-refractivity contribution in [2.45, 2.75) is 37.6 Å². The van der Waals surface area contributed by atoms with Crippen molar-refractivity contribution in [1.29, 1.82) is 0 Å². The highest BCUT2D eigenvalue weighted by Crippen LogP contribution is 2.44. The fourth-order valence-corrected chi connectivity index (χ4v) is 5.69. The van der Waals surface area contributed by atoms with E-state index in [2.05, 4.69) is 9.97 Å². The van der Waals surface area contributed by atoms with Crippen LogP contribution in [0.5, 0.6) is 5.88 Å². The molecule has 0 saturated heterocycles. The molecule has 0 bridgehead atoms. The highest BCUT2D eigenvalue weighted by molar-refractivity contribution is 7.18. The number of rotatable bonds is 8. The van der Waals surface area contributed by atoms with Gasteiger partial charge < -0.3 is 26.0 Å². The predicted molar refractivity (Wildman–Crippen MR) is 151 cm³/mol. The molecule has 0 fully saturated rings. The summed E-state index contributed by atoms with van der Waals surface area (Å²) in [5.41, 5.74) is 14.7. The van der Waals surface area contributed by atoms with E-state index in [1.807, 2.05) is 0 Å². The Kier molecular flexibility index (Phi) is 8.07. The van der Waals surface area contributed by atoms with Crippen molar-refractivity contribution in [3.05, 3.63) is 75.8 Å². The molecule has 0 aliphatic carbocycles. The lowest BCUT2D eigenvalue weighted by Crippen LogP contribution is -2.32. The highest BCUT2D eigenvalue weighted by Gasteiger charge is 2.45. The summed E-state index contributed by atoms with van der Waals surface area (Å²) in [6.45, 7) is 0.482. The topological polar surface area (TPSA) is 134 Å². The zero-order valence-electron chi connectivity index (χ0n) is 21.3. The summed E-state index contributed by atoms with van der Waals surface area (Å²) in [6.07, 6.45) is -4.40. The summed E-state index contributed by atoms with van der Waals surface area (Å²) in [4.78, 5) is 19.4. The predicted octanol–water partition coefficient (Wildman–Crippen LogP) is 6.38. The van der Waals surface area contributed by atoms with Crippen LogP contribution in [0.15, 0.2) is 54.1 Å². The SMILES string of the molecule is Nc1nc(OC(c2ccc(Cl)cc2C2=COCCC2)C(F)(F)F)c2scc(-c3ccc(CC(N)C(=O)O)cc3)c2n1. The molecular weight excluding hydrogens is 581 g/mol. The molecule has 41 heavy (non-hydrogen) atoms. The van der Waals surface area contributed by atoms with Crippen LogP contribution in [0.1, 0.15) is 35.6 Å². The van der Waals surface area contributed by atoms with Crippen LogP contribution in [0.4, 0.5) is 19.1 Å². The van der Waals surface area contributed by atoms with Crippen LogP contribution in [0, 0.1) is 0 Å². The van der Waals surface area contributed by atoms with Gasteiger partial charge in [-0.1, -0.05) is 41.9 Å². The van der Waals surface area contributed by atoms with Crippen LogP contribution in [0.25, 0.3) is 26.9 Å². The fraction of sp³-hybridized carbons (Fsp3) is 0.250. The molecular formula is C28H24ClF3N4O4S. The molecule has 1 aliphatic heterocycles. The Labute approximate surface area is 241 Å². The van der Waals surface area contributed by atoms with Crippen molar-refractivity contribution in [3.63, 3.8) is 0 Å². The average molecular weight is 605 g/mol. The van der Waals surface area contributed by atoms with Crippen molar-refractivity contribution < 1.29 is 32.5 Å². The van der Waals surface area contributed by atoms with Gasteiger partial charge in [0, 0.05) is 21.5 Å². The number of carbonyl (C=O) groups is 1. The number of nitrogens with two attached hydrogens (primary N) is 2. The van der Waals surface area contributed by atoms with E-state index < -0.39 is 24.3 Å². The number of aliphatic carboxylic acids is 1. The van der Waals surface area contributed by atoms with Gasteiger partial charge in [-0.3, -0.25) is 4.79 Å². The minimum atomic E-state index is -4.81. The number of halogens is 4. The summed E-state index contributed by atoms with van der Waals surface area (Å²) >= 11 is 7.29. The molecule has 2 atom stereocenters. The molecule has 2 aromatic carbocycles. The maximum Gasteiger partial charge on any atom is 0.429 e. The summed E-state index contributed by atoms with van der Waals surface area (Å²) in [5, 5.41) is 11.1. The molecule has 0 radical (unpaired) electrons. The maximum absolute atomic E-state index is 14.6. The number of fused-ring (bicyclic) bond motifs is 1. The number of aromatic nitrogens is 2. The van der Waals surface area contributed by atoms with Crippen molar-refractivity contribution in [2.24, 2.45) is 5.73 Å². The van der Waals surface area contributed by atoms with Crippen molar-refractivity contribution >= 4 is 50.6 Å². The zero-order chi connectivity index (χ0) is 29.3. The second kappa shape index (κ2) is 11.6. The van der Waals surface area contributed by atoms with Crippen molar-refractivity contribution in [2.75, 3.05) is 12.3 Å². The molecule has 1 aliphatic rings. The third kappa shape index (κ3) is 6.24. The maximum atomic E-state index is 14.6. The van der Waals surface area contributed by atoms with Gasteiger partial charge in [-0.05, 0) is 53.7 Å². The monoisotopic (exact) mass is 604 g/mol. The van der Waals surface area contributed by atoms with Crippen LogP contribution < -0.4 is 16.2 Å². The summed E-state index contributed by atoms with van der Waals surface area (Å²) in [6, 6.07) is 10.1. The lowest BCUT2D eigenvalue weighted by Gasteiger charge is -2.25. The molecule has 8 nitrogen and oxygen atoms in total. The lowest BCUT2D eigenvalue weighted by atomic mass is 9.93. The number of allylic oxidation sites excluding steroid dienone is 1. The molecule has 5 N–H and O–H groups in total. The zero-order valence-corrected chi connectivity index (χ0v) is 22.9. The molecule has 2 aromatic heterocycles. The van der Waals surface area contributed by atoms with E-state index in [4.69, 9.17) is 37.6 Å². The number of nitrogens with zero attached hydrogens (tertiary/aromatic N) is 2. The van der Waals surface area contributed by atoms with Gasteiger partial charge in [-0.15, -0.1) is 11.3 Å². The van der Waals surface area contributed by atoms with Crippen LogP contribution in [-0.2, 0) is 16.0 Å². The Bertz CT molecular complexity index is 1630. The van der Waals surface area contributed by atoms with Crippen molar-refractivity contribution in [1.82, 2.24) is 9.97 Å². The number of benzene rings is 2. The van der Waals surface area contributed by atoms with Gasteiger partial charge >= 0.3 is 12.1 Å². The van der Waals surface area contributed by atoms with Gasteiger partial charge in [0.15, 0.2) is 0 Å². The Balaban J connectivity index is 1.53. The second-order valence-electron chi connectivity index (χ2n) is 9.45. The van der Waals surface area contributed by atoms with E-state index >= 15 is 0 Å². The Morgan fingerprint density at radius 1 is 1.17 bits per heavy atom. The van der Waals surface area contributed by atoms with Gasteiger partial charge in [-0.2, -0.15) is 18.2 Å². The lowest BCUT2D eigenvalue weighted by molar-refractivity contribution is -0.198. The summed E-state index contributed by atoms with van der Waals surface area (Å²) in [5.74, 6) is -1.66. The number of anilines is 1. The first-order valence-corrected chi connectivity index (χ1v) is 13.7. The standard InChI is InChI=1S/C28H24ClF3N4O4S/c29-17-7-8-18(19(11-17)16-2-1-9-39-12-16)24(28(30,31)32)40-25-23-22(35-27(34)36-25)20(13-41-23)15-5-3-14(4-6-15)10-21(33)26(37)38/h3-8,11-13,21,24H,1-2,9-10,33H2,(H,37,38)(H2,34,35,36). The molecule has 13 heteroatoms. The van der Waals surface area contributed by atoms with E-state index in [-0.39, 0.29) is 39.1 Å². The number of hydrogen-bond donors (Lipinski definition) is 3. The van der Waals surface area contributed by atoms with Crippen LogP contribution >= 0.6 is 22.9 Å². The number of ether oxygens (including phenoxy) is 2. The number of hydrogen-bond acceptors (Lipinski definition) is 8. The van der Waals surface area contributed by atoms with E-state index in [0.717, 1.165) is 11.3 Å². The highest BCUT2D eigenvalue weighted by atomic mass is 35.5. The number of carboxylic acid groups (broad SMARTS) is 1. The van der Waals surface area contributed by atoms with Gasteiger partial charge in [0.2, 0.25) is 17.9 Å². The minimum Gasteiger partial charge on any atom is -0.501 e. The number of nitrogen functional groups attached to an aromatic ring is 1. The molecule has 214 valence electrons. The minimum absolute atomic E-state index is 0.129. The first-order chi connectivity index (χ1) is 19.5. The second-order valence-corrected chi connectivity index (χ2v) is 10.8. The molecule has 2 unspecified atom stereocenters. The third-order valence-corrected chi connectivity index (χ3v) is 7.74.